The average Bonchev–Trinajstić information content (AvgIpc) is 2.99. The van der Waals surface area contributed by atoms with E-state index < -0.39 is 11.9 Å². The fourth-order valence-electron chi connectivity index (χ4n) is 1.43. The van der Waals surface area contributed by atoms with Crippen LogP contribution in [-0.4, -0.2) is 36.9 Å². The molecule has 3 N–H and O–H groups in total. The minimum Gasteiger partial charge on any atom is -0.459 e. The number of carbonyl (C=O) groups excluding carboxylic acids is 3. The van der Waals surface area contributed by atoms with Crippen molar-refractivity contribution in [2.75, 3.05) is 13.1 Å². The highest BCUT2D eigenvalue weighted by Crippen LogP contribution is 1.99. The monoisotopic (exact) mass is 291 g/mol. The van der Waals surface area contributed by atoms with Gasteiger partial charge in [-0.2, -0.15) is 0 Å². The summed E-state index contributed by atoms with van der Waals surface area (Å²) in [4.78, 5) is 34.6. The lowest BCUT2D eigenvalue weighted by Gasteiger charge is -2.13. The van der Waals surface area contributed by atoms with Crippen LogP contribution >= 0.6 is 0 Å². The molecule has 0 bridgehead atoms. The zero-order valence-electron chi connectivity index (χ0n) is 11.6. The number of rotatable bonds is 7. The molecule has 0 aliphatic heterocycles. The van der Waals surface area contributed by atoms with Gasteiger partial charge >= 0.3 is 0 Å². The molecule has 7 nitrogen and oxygen atoms in total. The average molecular weight is 291 g/mol. The SMILES string of the molecule is C#CCNC(=O)CCNC(=O)C(C)NC(=O)c1ccco1. The Morgan fingerprint density at radius 3 is 2.76 bits per heavy atom. The predicted octanol–water partition coefficient (Wildman–Crippen LogP) is -0.346. The van der Waals surface area contributed by atoms with E-state index in [4.69, 9.17) is 10.8 Å². The summed E-state index contributed by atoms with van der Waals surface area (Å²) in [6.07, 6.45) is 6.48. The smallest absolute Gasteiger partial charge is 0.287 e. The predicted molar refractivity (Wildman–Crippen MR) is 75.1 cm³/mol. The van der Waals surface area contributed by atoms with Crippen molar-refractivity contribution in [3.8, 4) is 12.3 Å². The Bertz CT molecular complexity index is 531. The van der Waals surface area contributed by atoms with Gasteiger partial charge in [-0.15, -0.1) is 6.42 Å². The second-order valence-electron chi connectivity index (χ2n) is 4.19. The van der Waals surface area contributed by atoms with Gasteiger partial charge in [-0.05, 0) is 19.1 Å². The van der Waals surface area contributed by atoms with Crippen molar-refractivity contribution in [1.29, 1.82) is 0 Å². The molecule has 112 valence electrons. The van der Waals surface area contributed by atoms with Crippen molar-refractivity contribution in [2.45, 2.75) is 19.4 Å². The van der Waals surface area contributed by atoms with Gasteiger partial charge in [-0.1, -0.05) is 5.92 Å². The third-order valence-corrected chi connectivity index (χ3v) is 2.52. The van der Waals surface area contributed by atoms with Crippen molar-refractivity contribution in [3.63, 3.8) is 0 Å². The van der Waals surface area contributed by atoms with Gasteiger partial charge < -0.3 is 20.4 Å². The molecule has 1 rings (SSSR count). The van der Waals surface area contributed by atoms with Gasteiger partial charge in [0.2, 0.25) is 11.8 Å². The van der Waals surface area contributed by atoms with Crippen LogP contribution in [0.3, 0.4) is 0 Å². The minimum atomic E-state index is -0.739. The van der Waals surface area contributed by atoms with Crippen LogP contribution in [0.2, 0.25) is 0 Å². The van der Waals surface area contributed by atoms with E-state index in [1.807, 2.05) is 0 Å². The molecule has 0 fully saturated rings. The minimum absolute atomic E-state index is 0.117. The second kappa shape index (κ2) is 8.43. The number of furan rings is 1. The molecule has 0 saturated heterocycles. The Balaban J connectivity index is 2.27. The van der Waals surface area contributed by atoms with Gasteiger partial charge in [0, 0.05) is 13.0 Å². The normalized spacial score (nSPS) is 11.0. The van der Waals surface area contributed by atoms with Crippen LogP contribution in [0.4, 0.5) is 0 Å². The molecule has 3 amide bonds. The quantitative estimate of drug-likeness (QED) is 0.598. The number of hydrogen-bond donors (Lipinski definition) is 3. The molecule has 7 heteroatoms. The van der Waals surface area contributed by atoms with Crippen LogP contribution < -0.4 is 16.0 Å². The molecule has 1 heterocycles. The lowest BCUT2D eigenvalue weighted by molar-refractivity contribution is -0.123. The standard InChI is InChI=1S/C14H17N3O4/c1-3-7-15-12(18)6-8-16-13(19)10(2)17-14(20)11-5-4-9-21-11/h1,4-5,9-10H,6-8H2,2H3,(H,15,18)(H,16,19)(H,17,20). The van der Waals surface area contributed by atoms with Gasteiger partial charge in [-0.3, -0.25) is 14.4 Å². The third kappa shape index (κ3) is 5.82. The Morgan fingerprint density at radius 2 is 2.14 bits per heavy atom. The summed E-state index contributed by atoms with van der Waals surface area (Å²) in [7, 11) is 0. The van der Waals surface area contributed by atoms with Gasteiger partial charge in [-0.25, -0.2) is 0 Å². The summed E-state index contributed by atoms with van der Waals surface area (Å²) in [6, 6.07) is 2.33. The van der Waals surface area contributed by atoms with E-state index in [1.54, 1.807) is 6.07 Å². The Morgan fingerprint density at radius 1 is 1.38 bits per heavy atom. The van der Waals surface area contributed by atoms with E-state index in [0.29, 0.717) is 0 Å². The topological polar surface area (TPSA) is 100 Å². The summed E-state index contributed by atoms with van der Waals surface area (Å²) < 4.78 is 4.91. The first-order valence-corrected chi connectivity index (χ1v) is 6.37. The molecule has 0 aliphatic rings. The molecular weight excluding hydrogens is 274 g/mol. The molecule has 0 aromatic carbocycles. The second-order valence-corrected chi connectivity index (χ2v) is 4.19. The van der Waals surface area contributed by atoms with Gasteiger partial charge in [0.25, 0.3) is 5.91 Å². The van der Waals surface area contributed by atoms with E-state index in [0.717, 1.165) is 0 Å². The third-order valence-electron chi connectivity index (χ3n) is 2.52. The van der Waals surface area contributed by atoms with E-state index in [9.17, 15) is 14.4 Å². The maximum atomic E-state index is 11.7. The first-order valence-electron chi connectivity index (χ1n) is 6.37. The lowest BCUT2D eigenvalue weighted by Crippen LogP contribution is -2.45. The largest absolute Gasteiger partial charge is 0.459 e. The molecule has 21 heavy (non-hydrogen) atoms. The summed E-state index contributed by atoms with van der Waals surface area (Å²) >= 11 is 0. The van der Waals surface area contributed by atoms with Gasteiger partial charge in [0.1, 0.15) is 6.04 Å². The van der Waals surface area contributed by atoms with Crippen LogP contribution in [0, 0.1) is 12.3 Å². The van der Waals surface area contributed by atoms with Crippen LogP contribution in [-0.2, 0) is 9.59 Å². The van der Waals surface area contributed by atoms with Crippen molar-refractivity contribution >= 4 is 17.7 Å². The van der Waals surface area contributed by atoms with E-state index in [1.165, 1.54) is 19.3 Å². The Labute approximate surface area is 122 Å². The van der Waals surface area contributed by atoms with E-state index in [-0.39, 0.29) is 37.1 Å². The lowest BCUT2D eigenvalue weighted by atomic mass is 10.3. The van der Waals surface area contributed by atoms with Crippen LogP contribution in [0.15, 0.2) is 22.8 Å². The zero-order valence-corrected chi connectivity index (χ0v) is 11.6. The van der Waals surface area contributed by atoms with E-state index in [2.05, 4.69) is 21.9 Å². The van der Waals surface area contributed by atoms with Crippen LogP contribution in [0.25, 0.3) is 0 Å². The molecule has 1 aromatic rings. The highest BCUT2D eigenvalue weighted by atomic mass is 16.3. The van der Waals surface area contributed by atoms with E-state index >= 15 is 0 Å². The summed E-state index contributed by atoms with van der Waals surface area (Å²) in [6.45, 7) is 1.85. The number of carbonyl (C=O) groups is 3. The molecule has 1 atom stereocenters. The first kappa shape index (κ1) is 16.3. The number of nitrogens with one attached hydrogen (secondary N) is 3. The number of amides is 3. The number of hydrogen-bond acceptors (Lipinski definition) is 4. The molecule has 0 radical (unpaired) electrons. The summed E-state index contributed by atoms with van der Waals surface area (Å²) in [5, 5.41) is 7.50. The molecule has 1 aromatic heterocycles. The van der Waals surface area contributed by atoms with Crippen LogP contribution in [0.5, 0.6) is 0 Å². The fourth-order valence-corrected chi connectivity index (χ4v) is 1.43. The highest BCUT2D eigenvalue weighted by Gasteiger charge is 2.17. The Kier molecular flexibility index (Phi) is 6.54. The maximum Gasteiger partial charge on any atom is 0.287 e. The zero-order chi connectivity index (χ0) is 15.7. The first-order chi connectivity index (χ1) is 10.0. The molecule has 0 aliphatic carbocycles. The van der Waals surface area contributed by atoms with Crippen molar-refractivity contribution in [2.24, 2.45) is 0 Å². The molecular formula is C14H17N3O4. The van der Waals surface area contributed by atoms with Crippen molar-refractivity contribution < 1.29 is 18.8 Å². The molecule has 1 unspecified atom stereocenters. The highest BCUT2D eigenvalue weighted by molar-refractivity contribution is 5.95. The Hall–Kier alpha value is -2.75. The maximum absolute atomic E-state index is 11.7. The number of terminal acetylenes is 1. The van der Waals surface area contributed by atoms with Crippen molar-refractivity contribution in [3.05, 3.63) is 24.2 Å². The van der Waals surface area contributed by atoms with Crippen LogP contribution in [0.1, 0.15) is 23.9 Å². The fraction of sp³-hybridized carbons (Fsp3) is 0.357. The molecule has 0 saturated carbocycles. The molecule has 0 spiro atoms. The van der Waals surface area contributed by atoms with Crippen molar-refractivity contribution in [1.82, 2.24) is 16.0 Å². The summed E-state index contributed by atoms with van der Waals surface area (Å²) in [5.74, 6) is 1.29. The van der Waals surface area contributed by atoms with Gasteiger partial charge in [0.05, 0.1) is 12.8 Å². The van der Waals surface area contributed by atoms with Gasteiger partial charge in [0.15, 0.2) is 5.76 Å². The summed E-state index contributed by atoms with van der Waals surface area (Å²) in [5.41, 5.74) is 0.